The average Bonchev–Trinajstić information content (AvgIpc) is 2.64. The molecule has 0 atom stereocenters. The predicted octanol–water partition coefficient (Wildman–Crippen LogP) is 3.34. The van der Waals surface area contributed by atoms with E-state index in [1.807, 2.05) is 18.7 Å². The molecule has 3 nitrogen and oxygen atoms in total. The molecule has 0 aliphatic rings. The summed E-state index contributed by atoms with van der Waals surface area (Å²) in [5.41, 5.74) is 1.09. The van der Waals surface area contributed by atoms with Crippen molar-refractivity contribution in [2.45, 2.75) is 53.4 Å². The van der Waals surface area contributed by atoms with Gasteiger partial charge in [0.1, 0.15) is 0 Å². The maximum atomic E-state index is 12.1. The van der Waals surface area contributed by atoms with Gasteiger partial charge in [0.15, 0.2) is 0 Å². The Balaban J connectivity index is 2.50. The fraction of sp³-hybridized carbons (Fsp3) is 0.714. The Morgan fingerprint density at radius 3 is 2.28 bits per heavy atom. The van der Waals surface area contributed by atoms with E-state index in [1.54, 1.807) is 11.3 Å². The summed E-state index contributed by atoms with van der Waals surface area (Å²) < 4.78 is 0. The molecule has 0 aliphatic heterocycles. The van der Waals surface area contributed by atoms with Crippen LogP contribution in [0.5, 0.6) is 0 Å². The molecule has 0 unspecified atom stereocenters. The molecule has 0 saturated carbocycles. The lowest BCUT2D eigenvalue weighted by Gasteiger charge is -2.21. The molecule has 102 valence electrons. The van der Waals surface area contributed by atoms with Crippen LogP contribution in [0.1, 0.15) is 48.7 Å². The molecule has 0 saturated heterocycles. The molecule has 18 heavy (non-hydrogen) atoms. The Labute approximate surface area is 114 Å². The van der Waals surface area contributed by atoms with Gasteiger partial charge in [-0.05, 0) is 33.1 Å². The normalized spacial score (nSPS) is 10.7. The van der Waals surface area contributed by atoms with Crippen LogP contribution in [0.25, 0.3) is 0 Å². The van der Waals surface area contributed by atoms with E-state index in [9.17, 15) is 4.79 Å². The van der Waals surface area contributed by atoms with Crippen LogP contribution in [0.3, 0.4) is 0 Å². The molecule has 0 radical (unpaired) electrons. The molecule has 0 N–H and O–H groups in total. The third-order valence-electron chi connectivity index (χ3n) is 2.91. The van der Waals surface area contributed by atoms with Gasteiger partial charge < -0.3 is 4.90 Å². The van der Waals surface area contributed by atoms with E-state index >= 15 is 0 Å². The highest BCUT2D eigenvalue weighted by atomic mass is 32.1. The van der Waals surface area contributed by atoms with Gasteiger partial charge in [0, 0.05) is 24.4 Å². The quantitative estimate of drug-likeness (QED) is 0.760. The summed E-state index contributed by atoms with van der Waals surface area (Å²) in [6.07, 6.45) is 3.51. The summed E-state index contributed by atoms with van der Waals surface area (Å²) >= 11 is 1.71. The predicted molar refractivity (Wildman–Crippen MR) is 77.1 cm³/mol. The minimum absolute atomic E-state index is 0.282. The topological polar surface area (TPSA) is 33.2 Å². The molecular weight excluding hydrogens is 244 g/mol. The highest BCUT2D eigenvalue weighted by molar-refractivity contribution is 7.11. The van der Waals surface area contributed by atoms with Crippen molar-refractivity contribution in [3.05, 3.63) is 15.6 Å². The van der Waals surface area contributed by atoms with Gasteiger partial charge in [0.25, 0.3) is 0 Å². The smallest absolute Gasteiger partial charge is 0.222 e. The van der Waals surface area contributed by atoms with Gasteiger partial charge in [-0.1, -0.05) is 13.8 Å². The number of aryl methyl sites for hydroxylation is 3. The van der Waals surface area contributed by atoms with E-state index in [0.29, 0.717) is 6.42 Å². The molecule has 1 amide bonds. The molecule has 4 heteroatoms. The van der Waals surface area contributed by atoms with Crippen molar-refractivity contribution in [1.82, 2.24) is 9.88 Å². The number of carbonyl (C=O) groups is 1. The van der Waals surface area contributed by atoms with Crippen molar-refractivity contribution in [2.24, 2.45) is 0 Å². The summed E-state index contributed by atoms with van der Waals surface area (Å²) in [6, 6.07) is 0. The average molecular weight is 268 g/mol. The first-order valence-electron chi connectivity index (χ1n) is 6.79. The number of amides is 1. The lowest BCUT2D eigenvalue weighted by Crippen LogP contribution is -2.32. The van der Waals surface area contributed by atoms with E-state index in [4.69, 9.17) is 0 Å². The number of thiazole rings is 1. The Morgan fingerprint density at radius 2 is 1.83 bits per heavy atom. The molecular formula is C14H24N2OS. The fourth-order valence-electron chi connectivity index (χ4n) is 2.09. The molecule has 0 spiro atoms. The van der Waals surface area contributed by atoms with Crippen LogP contribution in [0.2, 0.25) is 0 Å². The van der Waals surface area contributed by atoms with Crippen molar-refractivity contribution in [2.75, 3.05) is 13.1 Å². The zero-order valence-corrected chi connectivity index (χ0v) is 12.8. The van der Waals surface area contributed by atoms with Gasteiger partial charge in [0.2, 0.25) is 5.91 Å². The molecule has 1 heterocycles. The van der Waals surface area contributed by atoms with Gasteiger partial charge in [-0.3, -0.25) is 4.79 Å². The minimum Gasteiger partial charge on any atom is -0.343 e. The van der Waals surface area contributed by atoms with Gasteiger partial charge in [0.05, 0.1) is 10.7 Å². The zero-order chi connectivity index (χ0) is 13.5. The first kappa shape index (κ1) is 15.2. The summed E-state index contributed by atoms with van der Waals surface area (Å²) in [5.74, 6) is 0.282. The van der Waals surface area contributed by atoms with E-state index in [-0.39, 0.29) is 5.91 Å². The maximum absolute atomic E-state index is 12.1. The van der Waals surface area contributed by atoms with Gasteiger partial charge >= 0.3 is 0 Å². The van der Waals surface area contributed by atoms with Crippen LogP contribution >= 0.6 is 11.3 Å². The third-order valence-corrected chi connectivity index (χ3v) is 4.04. The van der Waals surface area contributed by atoms with Crippen LogP contribution in [0.15, 0.2) is 0 Å². The van der Waals surface area contributed by atoms with E-state index in [2.05, 4.69) is 18.8 Å². The largest absolute Gasteiger partial charge is 0.343 e. The first-order chi connectivity index (χ1) is 8.58. The second-order valence-corrected chi connectivity index (χ2v) is 5.91. The van der Waals surface area contributed by atoms with Crippen molar-refractivity contribution < 1.29 is 4.79 Å². The number of nitrogens with zero attached hydrogens (tertiary/aromatic N) is 2. The number of carbonyl (C=O) groups excluding carboxylic acids is 1. The van der Waals surface area contributed by atoms with Crippen LogP contribution in [0, 0.1) is 13.8 Å². The minimum atomic E-state index is 0.282. The second-order valence-electron chi connectivity index (χ2n) is 4.62. The monoisotopic (exact) mass is 268 g/mol. The molecule has 0 bridgehead atoms. The summed E-state index contributed by atoms with van der Waals surface area (Å²) in [5, 5.41) is 1.09. The molecule has 1 aromatic rings. The Bertz CT molecular complexity index is 381. The van der Waals surface area contributed by atoms with Gasteiger partial charge in [-0.25, -0.2) is 4.98 Å². The van der Waals surface area contributed by atoms with Crippen molar-refractivity contribution >= 4 is 17.2 Å². The maximum Gasteiger partial charge on any atom is 0.222 e. The Hall–Kier alpha value is -0.900. The lowest BCUT2D eigenvalue weighted by molar-refractivity contribution is -0.131. The molecule has 1 rings (SSSR count). The number of rotatable bonds is 7. The van der Waals surface area contributed by atoms with Gasteiger partial charge in [-0.15, -0.1) is 11.3 Å². The molecule has 0 aliphatic carbocycles. The number of hydrogen-bond donors (Lipinski definition) is 0. The summed E-state index contributed by atoms with van der Waals surface area (Å²) in [7, 11) is 0. The molecule has 0 fully saturated rings. The lowest BCUT2D eigenvalue weighted by atomic mass is 10.2. The van der Waals surface area contributed by atoms with Crippen molar-refractivity contribution in [1.29, 1.82) is 0 Å². The Morgan fingerprint density at radius 1 is 1.22 bits per heavy atom. The van der Waals surface area contributed by atoms with Gasteiger partial charge in [-0.2, -0.15) is 0 Å². The van der Waals surface area contributed by atoms with Crippen LogP contribution in [-0.4, -0.2) is 28.9 Å². The highest BCUT2D eigenvalue weighted by Gasteiger charge is 2.13. The number of hydrogen-bond acceptors (Lipinski definition) is 3. The second kappa shape index (κ2) is 7.52. The number of aromatic nitrogens is 1. The van der Waals surface area contributed by atoms with E-state index < -0.39 is 0 Å². The van der Waals surface area contributed by atoms with E-state index in [1.165, 1.54) is 4.88 Å². The molecule has 0 aromatic carbocycles. The van der Waals surface area contributed by atoms with E-state index in [0.717, 1.165) is 43.1 Å². The molecule has 1 aromatic heterocycles. The Kier molecular flexibility index (Phi) is 6.33. The fourth-order valence-corrected chi connectivity index (χ4v) is 3.02. The summed E-state index contributed by atoms with van der Waals surface area (Å²) in [4.78, 5) is 19.8. The zero-order valence-electron chi connectivity index (χ0n) is 12.0. The van der Waals surface area contributed by atoms with Crippen LogP contribution < -0.4 is 0 Å². The van der Waals surface area contributed by atoms with Crippen LogP contribution in [0.4, 0.5) is 0 Å². The van der Waals surface area contributed by atoms with Crippen LogP contribution in [-0.2, 0) is 11.2 Å². The highest BCUT2D eigenvalue weighted by Crippen LogP contribution is 2.19. The summed E-state index contributed by atoms with van der Waals surface area (Å²) in [6.45, 7) is 10.0. The van der Waals surface area contributed by atoms with Crippen molar-refractivity contribution in [3.8, 4) is 0 Å². The third kappa shape index (κ3) is 4.41. The SMILES string of the molecule is CCCN(CCC)C(=O)CCc1sc(C)nc1C. The van der Waals surface area contributed by atoms with Crippen molar-refractivity contribution in [3.63, 3.8) is 0 Å². The standard InChI is InChI=1S/C14H24N2OS/c1-5-9-16(10-6-2)14(17)8-7-13-11(3)15-12(4)18-13/h5-10H2,1-4H3. The first-order valence-corrected chi connectivity index (χ1v) is 7.60.